The van der Waals surface area contributed by atoms with Crippen LogP contribution in [0.25, 0.3) is 55.4 Å². The van der Waals surface area contributed by atoms with E-state index < -0.39 is 0 Å². The summed E-state index contributed by atoms with van der Waals surface area (Å²) in [5.41, 5.74) is 7.04. The lowest BCUT2D eigenvalue weighted by molar-refractivity contribution is 0.237. The van der Waals surface area contributed by atoms with Gasteiger partial charge in [-0.15, -0.1) is 0 Å². The number of aromatic nitrogens is 6. The number of H-pyrrole nitrogens is 3. The minimum absolute atomic E-state index is 0.337. The molecular weight excluding hydrogens is 481 g/mol. The molecule has 1 saturated heterocycles. The van der Waals surface area contributed by atoms with Crippen LogP contribution in [0.4, 0.5) is 4.39 Å². The number of rotatable bonds is 7. The van der Waals surface area contributed by atoms with Gasteiger partial charge in [0.15, 0.2) is 0 Å². The van der Waals surface area contributed by atoms with Crippen LogP contribution < -0.4 is 4.74 Å². The van der Waals surface area contributed by atoms with Gasteiger partial charge in [-0.1, -0.05) is 6.07 Å². The molecule has 0 radical (unpaired) electrons. The highest BCUT2D eigenvalue weighted by Gasteiger charge is 2.16. The molecule has 38 heavy (non-hydrogen) atoms. The predicted octanol–water partition coefficient (Wildman–Crippen LogP) is 5.78. The van der Waals surface area contributed by atoms with Gasteiger partial charge in [0.2, 0.25) is 0 Å². The van der Waals surface area contributed by atoms with Gasteiger partial charge in [0.1, 0.15) is 23.9 Å². The molecule has 0 aliphatic carbocycles. The van der Waals surface area contributed by atoms with Gasteiger partial charge in [0.25, 0.3) is 0 Å². The lowest BCUT2D eigenvalue weighted by Gasteiger charge is -2.15. The minimum atomic E-state index is -0.337. The van der Waals surface area contributed by atoms with E-state index in [2.05, 4.69) is 41.3 Å². The van der Waals surface area contributed by atoms with E-state index in [1.165, 1.54) is 25.0 Å². The maximum atomic E-state index is 14.7. The summed E-state index contributed by atoms with van der Waals surface area (Å²) in [4.78, 5) is 10.3. The summed E-state index contributed by atoms with van der Waals surface area (Å²) in [6.07, 6.45) is 9.68. The van der Waals surface area contributed by atoms with Crippen LogP contribution in [0.1, 0.15) is 12.8 Å². The van der Waals surface area contributed by atoms with Gasteiger partial charge in [0.05, 0.1) is 29.1 Å². The third-order valence-electron chi connectivity index (χ3n) is 7.25. The number of hydrogen-bond donors (Lipinski definition) is 3. The zero-order chi connectivity index (χ0) is 25.5. The number of pyridine rings is 1. The fourth-order valence-corrected chi connectivity index (χ4v) is 5.32. The molecular formula is C29H26FN7O. The van der Waals surface area contributed by atoms with Gasteiger partial charge in [-0.25, -0.2) is 4.39 Å². The SMILES string of the molecule is Fc1cc(OCCN2CCCC2)cc(-c2cncc3[nH]c(-c4n[nH]c5ccc(-c6cn[nH]c6)cc45)cc23)c1. The number of fused-ring (bicyclic) bond motifs is 2. The average Bonchev–Trinajstić information content (AvgIpc) is 3.73. The highest BCUT2D eigenvalue weighted by Crippen LogP contribution is 2.36. The molecule has 8 nitrogen and oxygen atoms in total. The van der Waals surface area contributed by atoms with Crippen LogP contribution in [0, 0.1) is 5.82 Å². The van der Waals surface area contributed by atoms with Crippen LogP contribution in [0.5, 0.6) is 5.75 Å². The predicted molar refractivity (Wildman–Crippen MR) is 145 cm³/mol. The van der Waals surface area contributed by atoms with Gasteiger partial charge in [-0.3, -0.25) is 20.1 Å². The molecule has 0 amide bonds. The van der Waals surface area contributed by atoms with Crippen LogP contribution >= 0.6 is 0 Å². The van der Waals surface area contributed by atoms with E-state index in [9.17, 15) is 4.39 Å². The van der Waals surface area contributed by atoms with Crippen molar-refractivity contribution < 1.29 is 9.13 Å². The first-order valence-corrected chi connectivity index (χ1v) is 12.8. The highest BCUT2D eigenvalue weighted by molar-refractivity contribution is 6.01. The Hall–Kier alpha value is -4.50. The summed E-state index contributed by atoms with van der Waals surface area (Å²) in [7, 11) is 0. The van der Waals surface area contributed by atoms with Crippen molar-refractivity contribution in [3.05, 3.63) is 73.1 Å². The van der Waals surface area contributed by atoms with Crippen LogP contribution in [0.2, 0.25) is 0 Å². The van der Waals surface area contributed by atoms with Crippen molar-refractivity contribution in [1.82, 2.24) is 35.3 Å². The molecule has 5 heterocycles. The van der Waals surface area contributed by atoms with Crippen LogP contribution in [-0.2, 0) is 0 Å². The van der Waals surface area contributed by atoms with E-state index in [0.717, 1.165) is 75.1 Å². The molecule has 0 bridgehead atoms. The zero-order valence-electron chi connectivity index (χ0n) is 20.7. The Bertz CT molecular complexity index is 1730. The molecule has 3 N–H and O–H groups in total. The second-order valence-corrected chi connectivity index (χ2v) is 9.72. The van der Waals surface area contributed by atoms with Gasteiger partial charge in [-0.2, -0.15) is 10.2 Å². The number of likely N-dealkylation sites (tertiary alicyclic amines) is 1. The van der Waals surface area contributed by atoms with E-state index in [1.54, 1.807) is 18.6 Å². The van der Waals surface area contributed by atoms with Crippen LogP contribution in [0.3, 0.4) is 0 Å². The van der Waals surface area contributed by atoms with Crippen molar-refractivity contribution >= 4 is 21.8 Å². The Morgan fingerprint density at radius 1 is 0.895 bits per heavy atom. The number of aromatic amines is 3. The number of benzene rings is 2. The average molecular weight is 508 g/mol. The van der Waals surface area contributed by atoms with Gasteiger partial charge >= 0.3 is 0 Å². The number of hydrogen-bond acceptors (Lipinski definition) is 5. The highest BCUT2D eigenvalue weighted by atomic mass is 19.1. The Morgan fingerprint density at radius 3 is 2.68 bits per heavy atom. The summed E-state index contributed by atoms with van der Waals surface area (Å²) in [6, 6.07) is 13.1. The monoisotopic (exact) mass is 507 g/mol. The van der Waals surface area contributed by atoms with Crippen molar-refractivity contribution in [2.45, 2.75) is 12.8 Å². The summed E-state index contributed by atoms with van der Waals surface area (Å²) in [6.45, 7) is 3.60. The summed E-state index contributed by atoms with van der Waals surface area (Å²) in [5, 5.41) is 16.6. The smallest absolute Gasteiger partial charge is 0.127 e. The standard InChI is InChI=1S/C29H26FN7O/c30-21-9-19(10-22(12-21)38-8-7-37-5-1-2-6-37)25-16-31-17-28-23(25)13-27(34-28)29-24-11-18(20-14-32-33-15-20)3-4-26(24)35-36-29/h3-4,9-17,34H,1-2,5-8H2,(H,32,33)(H,35,36). The maximum absolute atomic E-state index is 14.7. The van der Waals surface area contributed by atoms with Crippen molar-refractivity contribution in [2.75, 3.05) is 26.2 Å². The minimum Gasteiger partial charge on any atom is -0.492 e. The van der Waals surface area contributed by atoms with Crippen molar-refractivity contribution in [3.63, 3.8) is 0 Å². The third kappa shape index (κ3) is 4.20. The van der Waals surface area contributed by atoms with Gasteiger partial charge < -0.3 is 9.72 Å². The Morgan fingerprint density at radius 2 is 1.82 bits per heavy atom. The largest absolute Gasteiger partial charge is 0.492 e. The number of nitrogens with zero attached hydrogens (tertiary/aromatic N) is 4. The van der Waals surface area contributed by atoms with E-state index >= 15 is 0 Å². The Kier molecular flexibility index (Phi) is 5.62. The Balaban J connectivity index is 1.23. The first-order valence-electron chi connectivity index (χ1n) is 12.8. The van der Waals surface area contributed by atoms with E-state index in [-0.39, 0.29) is 5.82 Å². The molecule has 6 aromatic rings. The molecule has 0 spiro atoms. The molecule has 4 aromatic heterocycles. The molecule has 0 atom stereocenters. The quantitative estimate of drug-likeness (QED) is 0.255. The molecule has 9 heteroatoms. The summed E-state index contributed by atoms with van der Waals surface area (Å²) < 4.78 is 20.6. The normalized spacial score (nSPS) is 14.1. The van der Waals surface area contributed by atoms with Crippen molar-refractivity contribution in [1.29, 1.82) is 0 Å². The number of halogens is 1. The maximum Gasteiger partial charge on any atom is 0.127 e. The van der Waals surface area contributed by atoms with Crippen LogP contribution in [0.15, 0.2) is 67.3 Å². The number of ether oxygens (including phenoxy) is 1. The van der Waals surface area contributed by atoms with E-state index in [0.29, 0.717) is 12.4 Å². The lowest BCUT2D eigenvalue weighted by atomic mass is 10.0. The van der Waals surface area contributed by atoms with E-state index in [4.69, 9.17) is 4.74 Å². The molecule has 1 fully saturated rings. The number of nitrogens with one attached hydrogen (secondary N) is 3. The lowest BCUT2D eigenvalue weighted by Crippen LogP contribution is -2.25. The fourth-order valence-electron chi connectivity index (χ4n) is 5.32. The van der Waals surface area contributed by atoms with Gasteiger partial charge in [0, 0.05) is 46.9 Å². The molecule has 2 aromatic carbocycles. The molecule has 0 saturated carbocycles. The third-order valence-corrected chi connectivity index (χ3v) is 7.25. The molecule has 190 valence electrons. The topological polar surface area (TPSA) is 98.5 Å². The molecule has 7 rings (SSSR count). The molecule has 1 aliphatic heterocycles. The molecule has 0 unspecified atom stereocenters. The second-order valence-electron chi connectivity index (χ2n) is 9.72. The Labute approximate surface area is 217 Å². The van der Waals surface area contributed by atoms with E-state index in [1.807, 2.05) is 30.5 Å². The van der Waals surface area contributed by atoms with Crippen molar-refractivity contribution in [3.8, 4) is 39.4 Å². The summed E-state index contributed by atoms with van der Waals surface area (Å²) >= 11 is 0. The van der Waals surface area contributed by atoms with Crippen molar-refractivity contribution in [2.24, 2.45) is 0 Å². The first kappa shape index (κ1) is 22.7. The first-order chi connectivity index (χ1) is 18.7. The zero-order valence-corrected chi connectivity index (χ0v) is 20.7. The molecule has 1 aliphatic rings. The summed E-state index contributed by atoms with van der Waals surface area (Å²) in [5.74, 6) is 0.188. The van der Waals surface area contributed by atoms with Crippen LogP contribution in [-0.4, -0.2) is 61.5 Å². The van der Waals surface area contributed by atoms with Gasteiger partial charge in [-0.05, 0) is 67.4 Å². The second kappa shape index (κ2) is 9.42. The fraction of sp³-hybridized carbons (Fsp3) is 0.207.